The van der Waals surface area contributed by atoms with Crippen LogP contribution in [0.1, 0.15) is 55.3 Å². The van der Waals surface area contributed by atoms with E-state index in [-0.39, 0.29) is 30.6 Å². The van der Waals surface area contributed by atoms with Crippen molar-refractivity contribution in [1.82, 2.24) is 15.5 Å². The lowest BCUT2D eigenvalue weighted by Gasteiger charge is -2.36. The van der Waals surface area contributed by atoms with Crippen LogP contribution < -0.4 is 10.6 Å². The number of nitrogens with zero attached hydrogens (tertiary/aromatic N) is 1. The van der Waals surface area contributed by atoms with Crippen molar-refractivity contribution in [2.75, 3.05) is 32.8 Å². The average Bonchev–Trinajstić information content (AvgIpc) is 2.78. The van der Waals surface area contributed by atoms with Crippen LogP contribution in [0.5, 0.6) is 0 Å². The van der Waals surface area contributed by atoms with Crippen LogP contribution in [0.25, 0.3) is 0 Å². The Balaban J connectivity index is 1.37. The number of benzene rings is 1. The first-order valence-corrected chi connectivity index (χ1v) is 12.2. The van der Waals surface area contributed by atoms with Gasteiger partial charge in [-0.3, -0.25) is 9.59 Å². The molecule has 3 N–H and O–H groups in total. The smallest absolute Gasteiger partial charge is 0.251 e. The lowest BCUT2D eigenvalue weighted by atomic mass is 9.97. The normalized spacial score (nSPS) is 24.2. The van der Waals surface area contributed by atoms with Crippen molar-refractivity contribution in [3.63, 3.8) is 0 Å². The first-order chi connectivity index (χ1) is 15.4. The summed E-state index contributed by atoms with van der Waals surface area (Å²) < 4.78 is 6.00. The largest absolute Gasteiger partial charge is 0.394 e. The van der Waals surface area contributed by atoms with E-state index in [0.29, 0.717) is 35.0 Å². The van der Waals surface area contributed by atoms with E-state index in [2.05, 4.69) is 15.5 Å². The summed E-state index contributed by atoms with van der Waals surface area (Å²) in [5.41, 5.74) is 0.410. The number of carbonyl (C=O) groups is 2. The third-order valence-corrected chi connectivity index (χ3v) is 6.56. The Bertz CT molecular complexity index is 753. The minimum absolute atomic E-state index is 0.00789. The Morgan fingerprint density at radius 3 is 2.50 bits per heavy atom. The number of ether oxygens (including phenoxy) is 1. The summed E-state index contributed by atoms with van der Waals surface area (Å²) in [5, 5.41) is 16.5. The maximum atomic E-state index is 12.4. The lowest BCUT2D eigenvalue weighted by Crippen LogP contribution is -2.51. The molecule has 2 heterocycles. The fourth-order valence-corrected chi connectivity index (χ4v) is 4.89. The molecular weight excluding hydrogens is 453 g/mol. The van der Waals surface area contributed by atoms with Gasteiger partial charge < -0.3 is 25.4 Å². The van der Waals surface area contributed by atoms with E-state index in [1.807, 2.05) is 0 Å². The number of amides is 2. The molecule has 0 aliphatic carbocycles. The van der Waals surface area contributed by atoms with Crippen LogP contribution in [0.3, 0.4) is 0 Å². The molecule has 2 aliphatic heterocycles. The van der Waals surface area contributed by atoms with E-state index in [9.17, 15) is 14.7 Å². The van der Waals surface area contributed by atoms with Crippen LogP contribution in [0, 0.1) is 0 Å². The summed E-state index contributed by atoms with van der Waals surface area (Å²) >= 11 is 11.9. The molecule has 0 unspecified atom stereocenters. The van der Waals surface area contributed by atoms with Gasteiger partial charge in [0, 0.05) is 35.1 Å². The minimum Gasteiger partial charge on any atom is -0.394 e. The number of aliphatic hydroxyl groups is 1. The number of hydrogen-bond acceptors (Lipinski definition) is 5. The fraction of sp³-hybridized carbons (Fsp3) is 0.652. The molecule has 2 amide bonds. The summed E-state index contributed by atoms with van der Waals surface area (Å²) in [5.74, 6) is -0.240. The molecule has 3 atom stereocenters. The minimum atomic E-state index is -0.435. The first-order valence-electron chi connectivity index (χ1n) is 11.5. The standard InChI is InChI=1S/C23H33Cl2N3O4/c24-17-12-16(13-18(25)14-17)23(31)26-8-6-19-4-5-20(21(15-29)32-19)27-22(30)7-11-28-9-2-1-3-10-28/h12-14,19-21,29H,1-11,15H2,(H,26,31)(H,27,30)/t19-,20-,21+/m0/s1. The number of aliphatic hydroxyl groups excluding tert-OH is 1. The van der Waals surface area contributed by atoms with Crippen molar-refractivity contribution in [2.45, 2.75) is 63.2 Å². The predicted molar refractivity (Wildman–Crippen MR) is 125 cm³/mol. The highest BCUT2D eigenvalue weighted by atomic mass is 35.5. The molecule has 0 saturated carbocycles. The lowest BCUT2D eigenvalue weighted by molar-refractivity contribution is -0.128. The van der Waals surface area contributed by atoms with E-state index >= 15 is 0 Å². The molecule has 2 saturated heterocycles. The number of piperidine rings is 1. The van der Waals surface area contributed by atoms with Gasteiger partial charge in [0.05, 0.1) is 18.8 Å². The van der Waals surface area contributed by atoms with Crippen LogP contribution in [-0.2, 0) is 9.53 Å². The fourth-order valence-electron chi connectivity index (χ4n) is 4.36. The number of halogens is 2. The highest BCUT2D eigenvalue weighted by Crippen LogP contribution is 2.22. The summed E-state index contributed by atoms with van der Waals surface area (Å²) in [4.78, 5) is 27.0. The second-order valence-corrected chi connectivity index (χ2v) is 9.46. The first kappa shape index (κ1) is 25.2. The Labute approximate surface area is 199 Å². The molecule has 1 aromatic carbocycles. The van der Waals surface area contributed by atoms with Gasteiger partial charge in [-0.2, -0.15) is 0 Å². The van der Waals surface area contributed by atoms with Crippen LogP contribution >= 0.6 is 23.2 Å². The van der Waals surface area contributed by atoms with Gasteiger partial charge in [0.25, 0.3) is 5.91 Å². The van der Waals surface area contributed by atoms with Gasteiger partial charge in [0.15, 0.2) is 0 Å². The summed E-state index contributed by atoms with van der Waals surface area (Å²) in [6.45, 7) is 3.20. The molecule has 2 aliphatic rings. The Kier molecular flexibility index (Phi) is 10.1. The zero-order valence-corrected chi connectivity index (χ0v) is 19.8. The van der Waals surface area contributed by atoms with Crippen LogP contribution in [0.2, 0.25) is 10.0 Å². The highest BCUT2D eigenvalue weighted by molar-refractivity contribution is 6.35. The maximum absolute atomic E-state index is 12.4. The van der Waals surface area contributed by atoms with Crippen molar-refractivity contribution >= 4 is 35.0 Å². The second-order valence-electron chi connectivity index (χ2n) is 8.59. The average molecular weight is 486 g/mol. The summed E-state index contributed by atoms with van der Waals surface area (Å²) in [6, 6.07) is 4.53. The van der Waals surface area contributed by atoms with E-state index < -0.39 is 6.10 Å². The maximum Gasteiger partial charge on any atom is 0.251 e. The highest BCUT2D eigenvalue weighted by Gasteiger charge is 2.31. The third kappa shape index (κ3) is 7.89. The molecule has 2 fully saturated rings. The van der Waals surface area contributed by atoms with E-state index in [1.54, 1.807) is 18.2 Å². The molecule has 0 spiro atoms. The molecule has 0 aromatic heterocycles. The van der Waals surface area contributed by atoms with Gasteiger partial charge in [0.1, 0.15) is 6.10 Å². The molecule has 9 heteroatoms. The topological polar surface area (TPSA) is 90.9 Å². The van der Waals surface area contributed by atoms with Crippen molar-refractivity contribution < 1.29 is 19.4 Å². The van der Waals surface area contributed by atoms with Crippen molar-refractivity contribution in [1.29, 1.82) is 0 Å². The van der Waals surface area contributed by atoms with Crippen molar-refractivity contribution in [2.24, 2.45) is 0 Å². The summed E-state index contributed by atoms with van der Waals surface area (Å²) in [6.07, 6.45) is 5.75. The van der Waals surface area contributed by atoms with Crippen molar-refractivity contribution in [3.8, 4) is 0 Å². The number of hydrogen-bond donors (Lipinski definition) is 3. The Hall–Kier alpha value is -1.38. The van der Waals surface area contributed by atoms with Gasteiger partial charge in [-0.1, -0.05) is 29.6 Å². The zero-order valence-electron chi connectivity index (χ0n) is 18.3. The molecule has 32 heavy (non-hydrogen) atoms. The van der Waals surface area contributed by atoms with E-state index in [0.717, 1.165) is 32.5 Å². The predicted octanol–water partition coefficient (Wildman–Crippen LogP) is 3.01. The molecule has 1 aromatic rings. The van der Waals surface area contributed by atoms with Gasteiger partial charge in [-0.15, -0.1) is 0 Å². The Morgan fingerprint density at radius 2 is 1.81 bits per heavy atom. The van der Waals surface area contributed by atoms with Crippen molar-refractivity contribution in [3.05, 3.63) is 33.8 Å². The molecule has 0 bridgehead atoms. The van der Waals surface area contributed by atoms with Gasteiger partial charge >= 0.3 is 0 Å². The molecule has 178 valence electrons. The third-order valence-electron chi connectivity index (χ3n) is 6.12. The molecule has 7 nitrogen and oxygen atoms in total. The number of rotatable bonds is 9. The van der Waals surface area contributed by atoms with E-state index in [4.69, 9.17) is 27.9 Å². The second kappa shape index (κ2) is 12.8. The van der Waals surface area contributed by atoms with Gasteiger partial charge in [-0.25, -0.2) is 0 Å². The number of nitrogens with one attached hydrogen (secondary N) is 2. The number of likely N-dealkylation sites (tertiary alicyclic amines) is 1. The molecular formula is C23H33Cl2N3O4. The van der Waals surface area contributed by atoms with E-state index in [1.165, 1.54) is 19.3 Å². The SMILES string of the molecule is O=C(CCN1CCCCC1)N[C@H]1CC[C@@H](CCNC(=O)c2cc(Cl)cc(Cl)c2)O[C@@H]1CO. The molecule has 0 radical (unpaired) electrons. The van der Waals surface area contributed by atoms with Gasteiger partial charge in [-0.05, 0) is 63.4 Å². The number of carbonyl (C=O) groups excluding carboxylic acids is 2. The molecule has 3 rings (SSSR count). The monoisotopic (exact) mass is 485 g/mol. The zero-order chi connectivity index (χ0) is 22.9. The quantitative estimate of drug-likeness (QED) is 0.499. The van der Waals surface area contributed by atoms with Crippen LogP contribution in [0.15, 0.2) is 18.2 Å². The Morgan fingerprint density at radius 1 is 1.09 bits per heavy atom. The van der Waals surface area contributed by atoms with Crippen LogP contribution in [-0.4, -0.2) is 72.9 Å². The summed E-state index contributed by atoms with van der Waals surface area (Å²) in [7, 11) is 0. The van der Waals surface area contributed by atoms with Crippen LogP contribution in [0.4, 0.5) is 0 Å². The van der Waals surface area contributed by atoms with Gasteiger partial charge in [0.2, 0.25) is 5.91 Å².